The average molecular weight is 415 g/mol. The van der Waals surface area contributed by atoms with Gasteiger partial charge in [-0.15, -0.1) is 0 Å². The van der Waals surface area contributed by atoms with E-state index in [-0.39, 0.29) is 39.5 Å². The Morgan fingerprint density at radius 2 is 2.07 bits per heavy atom. The van der Waals surface area contributed by atoms with Crippen molar-refractivity contribution < 1.29 is 9.90 Å². The van der Waals surface area contributed by atoms with Crippen LogP contribution in [0.4, 0.5) is 0 Å². The van der Waals surface area contributed by atoms with Gasteiger partial charge in [-0.25, -0.2) is 0 Å². The largest absolute Gasteiger partial charge is 0.393 e. The fourth-order valence-electron chi connectivity index (χ4n) is 8.20. The summed E-state index contributed by atoms with van der Waals surface area (Å²) in [6.45, 7) is 6.39. The number of nitriles is 1. The number of fused-ring (bicyclic) bond motifs is 5. The summed E-state index contributed by atoms with van der Waals surface area (Å²) in [5.41, 5.74) is 7.49. The van der Waals surface area contributed by atoms with E-state index < -0.39 is 5.92 Å². The van der Waals surface area contributed by atoms with Crippen LogP contribution >= 0.6 is 12.2 Å². The fourth-order valence-corrected chi connectivity index (χ4v) is 8.43. The lowest BCUT2D eigenvalue weighted by atomic mass is 9.47. The molecular weight excluding hydrogens is 380 g/mol. The number of ketones is 1. The lowest BCUT2D eigenvalue weighted by molar-refractivity contribution is -0.129. The van der Waals surface area contributed by atoms with Gasteiger partial charge in [-0.2, -0.15) is 5.26 Å². The van der Waals surface area contributed by atoms with Gasteiger partial charge in [0, 0.05) is 5.92 Å². The van der Waals surface area contributed by atoms with E-state index in [2.05, 4.69) is 26.0 Å². The quantitative estimate of drug-likeness (QED) is 0.535. The number of allylic oxidation sites excluding steroid dienone is 1. The van der Waals surface area contributed by atoms with Crippen molar-refractivity contribution in [1.82, 2.24) is 0 Å². The van der Waals surface area contributed by atoms with Crippen LogP contribution in [0.25, 0.3) is 0 Å². The maximum atomic E-state index is 12.8. The maximum absolute atomic E-state index is 12.8. The summed E-state index contributed by atoms with van der Waals surface area (Å²) in [5, 5.41) is 20.0. The molecule has 3 N–H and O–H groups in total. The molecule has 4 rings (SSSR count). The zero-order chi connectivity index (χ0) is 21.1. The van der Waals surface area contributed by atoms with Crippen LogP contribution in [0.1, 0.15) is 65.7 Å². The molecule has 0 bridgehead atoms. The first-order chi connectivity index (χ1) is 13.6. The first-order valence-electron chi connectivity index (χ1n) is 11.2. The first-order valence-corrected chi connectivity index (χ1v) is 11.6. The highest BCUT2D eigenvalue weighted by molar-refractivity contribution is 7.80. The first kappa shape index (κ1) is 21.0. The number of Topliss-reactive ketones (excluding diaryl/α,β-unsaturated/α-hetero) is 1. The Hall–Kier alpha value is -1.25. The summed E-state index contributed by atoms with van der Waals surface area (Å²) in [6, 6.07) is 2.33. The number of thiocarbonyl (C=S) groups is 1. The topological polar surface area (TPSA) is 87.1 Å². The lowest BCUT2D eigenvalue weighted by Crippen LogP contribution is -2.51. The van der Waals surface area contributed by atoms with Crippen LogP contribution in [0, 0.1) is 57.7 Å². The molecule has 29 heavy (non-hydrogen) atoms. The van der Waals surface area contributed by atoms with Crippen LogP contribution in [0.3, 0.4) is 0 Å². The van der Waals surface area contributed by atoms with Gasteiger partial charge in [0.2, 0.25) is 0 Å². The number of nitrogens with two attached hydrogens (primary N) is 1. The number of aliphatic hydroxyl groups is 1. The number of hydrogen-bond acceptors (Lipinski definition) is 4. The molecule has 4 aliphatic rings. The van der Waals surface area contributed by atoms with Crippen molar-refractivity contribution in [2.45, 2.75) is 71.8 Å². The molecule has 0 spiro atoms. The van der Waals surface area contributed by atoms with Crippen molar-refractivity contribution >= 4 is 23.0 Å². The van der Waals surface area contributed by atoms with E-state index in [1.54, 1.807) is 6.92 Å². The van der Waals surface area contributed by atoms with Gasteiger partial charge in [-0.05, 0) is 86.4 Å². The predicted octanol–water partition coefficient (Wildman–Crippen LogP) is 4.17. The van der Waals surface area contributed by atoms with E-state index in [9.17, 15) is 15.2 Å². The molecule has 158 valence electrons. The Morgan fingerprint density at radius 3 is 2.69 bits per heavy atom. The molecule has 0 saturated heterocycles. The van der Waals surface area contributed by atoms with E-state index in [0.717, 1.165) is 44.9 Å². The summed E-state index contributed by atoms with van der Waals surface area (Å²) < 4.78 is 0. The lowest BCUT2D eigenvalue weighted by Gasteiger charge is -2.57. The second-order valence-electron chi connectivity index (χ2n) is 10.7. The zero-order valence-electron chi connectivity index (χ0n) is 17.9. The van der Waals surface area contributed by atoms with Gasteiger partial charge in [0.05, 0.1) is 23.1 Å². The van der Waals surface area contributed by atoms with Crippen molar-refractivity contribution in [3.8, 4) is 6.07 Å². The molecule has 9 atom stereocenters. The molecule has 4 aliphatic carbocycles. The van der Waals surface area contributed by atoms with Crippen molar-refractivity contribution in [3.05, 3.63) is 11.6 Å². The number of nitrogens with zero attached hydrogens (tertiary/aromatic N) is 1. The van der Waals surface area contributed by atoms with Gasteiger partial charge in [0.1, 0.15) is 5.78 Å². The SMILES string of the molecule is CC(=O)[C@H]1[C@@H]([C@@H](C#N)C(N)=S)C[C@H]2[C@@H]3CC=C4C[C@H](O)CC[C@]4(C)[C@H]3CC[C@@]21C. The molecule has 0 amide bonds. The summed E-state index contributed by atoms with van der Waals surface area (Å²) in [6.07, 6.45) is 9.03. The van der Waals surface area contributed by atoms with Gasteiger partial charge in [-0.3, -0.25) is 4.79 Å². The third-order valence-electron chi connectivity index (χ3n) is 9.49. The standard InChI is InChI=1S/C24H34N2O2S/c1-13(27)21-17(18(12-25)22(26)29)11-20-16-5-4-14-10-15(28)6-8-23(14,2)19(16)7-9-24(20,21)3/h4,15-21,28H,5-11H2,1-3H3,(H2,26,29)/t15-,16-,17-,18-,19+,20+,21+,23+,24+/m1/s1. The maximum Gasteiger partial charge on any atom is 0.133 e. The summed E-state index contributed by atoms with van der Waals surface area (Å²) in [4.78, 5) is 13.1. The number of carbonyl (C=O) groups excluding carboxylic acids is 1. The minimum atomic E-state index is -0.519. The van der Waals surface area contributed by atoms with Gasteiger partial charge < -0.3 is 10.8 Å². The average Bonchev–Trinajstić information content (AvgIpc) is 2.95. The fraction of sp³-hybridized carbons (Fsp3) is 0.792. The molecule has 0 aromatic carbocycles. The molecule has 0 aromatic rings. The highest BCUT2D eigenvalue weighted by atomic mass is 32.1. The van der Waals surface area contributed by atoms with Crippen LogP contribution < -0.4 is 5.73 Å². The minimum absolute atomic E-state index is 0.0601. The molecule has 0 aliphatic heterocycles. The summed E-state index contributed by atoms with van der Waals surface area (Å²) >= 11 is 5.22. The second-order valence-corrected chi connectivity index (χ2v) is 11.2. The van der Waals surface area contributed by atoms with Crippen molar-refractivity contribution in [2.75, 3.05) is 0 Å². The molecule has 0 unspecified atom stereocenters. The number of carbonyl (C=O) groups is 1. The Kier molecular flexibility index (Phi) is 5.19. The normalized spacial score (nSPS) is 47.1. The van der Waals surface area contributed by atoms with E-state index in [1.807, 2.05) is 0 Å². The molecule has 3 fully saturated rings. The van der Waals surface area contributed by atoms with E-state index >= 15 is 0 Å². The van der Waals surface area contributed by atoms with Crippen LogP contribution in [-0.2, 0) is 4.79 Å². The zero-order valence-corrected chi connectivity index (χ0v) is 18.7. The van der Waals surface area contributed by atoms with Crippen molar-refractivity contribution in [3.63, 3.8) is 0 Å². The van der Waals surface area contributed by atoms with Crippen molar-refractivity contribution in [2.24, 2.45) is 52.1 Å². The van der Waals surface area contributed by atoms with Crippen molar-refractivity contribution in [1.29, 1.82) is 5.26 Å². The minimum Gasteiger partial charge on any atom is -0.393 e. The van der Waals surface area contributed by atoms with Gasteiger partial charge >= 0.3 is 0 Å². The predicted molar refractivity (Wildman–Crippen MR) is 117 cm³/mol. The number of rotatable bonds is 3. The smallest absolute Gasteiger partial charge is 0.133 e. The van der Waals surface area contributed by atoms with Gasteiger partial charge in [0.25, 0.3) is 0 Å². The van der Waals surface area contributed by atoms with E-state index in [4.69, 9.17) is 18.0 Å². The molecule has 5 heteroatoms. The van der Waals surface area contributed by atoms with Gasteiger partial charge in [-0.1, -0.05) is 37.7 Å². The Balaban J connectivity index is 1.71. The molecule has 0 heterocycles. The Labute approximate surface area is 179 Å². The third-order valence-corrected chi connectivity index (χ3v) is 9.75. The number of aliphatic hydroxyl groups excluding tert-OH is 1. The van der Waals surface area contributed by atoms with Crippen LogP contribution in [0.2, 0.25) is 0 Å². The Morgan fingerprint density at radius 1 is 1.34 bits per heavy atom. The van der Waals surface area contributed by atoms with Gasteiger partial charge in [0.15, 0.2) is 0 Å². The monoisotopic (exact) mass is 414 g/mol. The third kappa shape index (κ3) is 3.01. The number of hydrogen-bond donors (Lipinski definition) is 2. The molecule has 0 aromatic heterocycles. The van der Waals surface area contributed by atoms with Crippen LogP contribution in [0.5, 0.6) is 0 Å². The van der Waals surface area contributed by atoms with E-state index in [1.165, 1.54) is 5.57 Å². The highest BCUT2D eigenvalue weighted by Crippen LogP contribution is 2.68. The van der Waals surface area contributed by atoms with Crippen LogP contribution in [0.15, 0.2) is 11.6 Å². The highest BCUT2D eigenvalue weighted by Gasteiger charge is 2.63. The second kappa shape index (κ2) is 7.17. The molecule has 0 radical (unpaired) electrons. The van der Waals surface area contributed by atoms with E-state index in [0.29, 0.717) is 17.8 Å². The Bertz CT molecular complexity index is 801. The molecule has 3 saturated carbocycles. The summed E-state index contributed by atoms with van der Waals surface area (Å²) in [5.74, 6) is 1.04. The molecule has 4 nitrogen and oxygen atoms in total. The molecular formula is C24H34N2O2S. The summed E-state index contributed by atoms with van der Waals surface area (Å²) in [7, 11) is 0. The van der Waals surface area contributed by atoms with Crippen LogP contribution in [-0.4, -0.2) is 22.0 Å².